The molecule has 31 valence electrons. The maximum absolute atomic E-state index is 9.00. The van der Waals surface area contributed by atoms with Crippen LogP contribution in [0, 0.1) is 0 Å². The summed E-state index contributed by atoms with van der Waals surface area (Å²) in [7, 11) is 0. The standard InChI is InChI=1S/C2H4O2.Sb.Zn/c1-2(3)4;;/h1H3,(H,3,4);;. The van der Waals surface area contributed by atoms with Crippen molar-refractivity contribution in [2.75, 3.05) is 0 Å². The molecule has 0 bridgehead atoms. The second-order valence-electron chi connectivity index (χ2n) is 0.519. The van der Waals surface area contributed by atoms with Gasteiger partial charge in [0.2, 0.25) is 0 Å². The molecule has 6 heavy (non-hydrogen) atoms. The predicted molar refractivity (Wildman–Crippen MR) is 19.1 cm³/mol. The number of hydrogen-bond acceptors (Lipinski definition) is 1. The summed E-state index contributed by atoms with van der Waals surface area (Å²) in [6.07, 6.45) is 0. The van der Waals surface area contributed by atoms with E-state index in [4.69, 9.17) is 9.90 Å². The number of carbonyl (C=O) groups is 1. The Labute approximate surface area is 66.5 Å². The zero-order valence-electron chi connectivity index (χ0n) is 3.51. The summed E-state index contributed by atoms with van der Waals surface area (Å²) in [6, 6.07) is 0. The molecule has 1 N–H and O–H groups in total. The first-order valence-electron chi connectivity index (χ1n) is 0.928. The number of hydrogen-bond donors (Lipinski definition) is 1. The van der Waals surface area contributed by atoms with Gasteiger partial charge in [0.15, 0.2) is 0 Å². The fourth-order valence-electron chi connectivity index (χ4n) is 0. The quantitative estimate of drug-likeness (QED) is 0.597. The molecule has 0 spiro atoms. The van der Waals surface area contributed by atoms with Gasteiger partial charge in [-0.3, -0.25) is 4.79 Å². The van der Waals surface area contributed by atoms with Crippen LogP contribution in [-0.4, -0.2) is 35.5 Å². The minimum absolute atomic E-state index is 0. The fraction of sp³-hybridized carbons (Fsp3) is 0.500. The second kappa shape index (κ2) is 9.32. The van der Waals surface area contributed by atoms with Crippen LogP contribution < -0.4 is 0 Å². The average Bonchev–Trinajstić information content (AvgIpc) is 0.811. The zero-order chi connectivity index (χ0) is 3.58. The van der Waals surface area contributed by atoms with Gasteiger partial charge in [-0.05, 0) is 0 Å². The molecule has 0 aromatic carbocycles. The maximum Gasteiger partial charge on any atom is 0.300 e. The Balaban J connectivity index is -0.0000000450. The summed E-state index contributed by atoms with van der Waals surface area (Å²) in [5.74, 6) is -0.833. The first kappa shape index (κ1) is 15.8. The van der Waals surface area contributed by atoms with Gasteiger partial charge in [0, 0.05) is 50.8 Å². The summed E-state index contributed by atoms with van der Waals surface area (Å²) < 4.78 is 0. The van der Waals surface area contributed by atoms with Crippen LogP contribution in [0.2, 0.25) is 0 Å². The van der Waals surface area contributed by atoms with E-state index in [1.54, 1.807) is 0 Å². The Kier molecular flexibility index (Phi) is 24.5. The molecule has 2 nitrogen and oxygen atoms in total. The molecule has 0 saturated heterocycles. The summed E-state index contributed by atoms with van der Waals surface area (Å²) in [5.41, 5.74) is 0. The van der Waals surface area contributed by atoms with Crippen molar-refractivity contribution in [2.24, 2.45) is 0 Å². The van der Waals surface area contributed by atoms with Crippen LogP contribution in [0.15, 0.2) is 0 Å². The Bertz CT molecular complexity index is 34.5. The van der Waals surface area contributed by atoms with E-state index in [-0.39, 0.29) is 43.9 Å². The average molecular weight is 247 g/mol. The normalized spacial score (nSPS) is 4.17. The number of rotatable bonds is 0. The van der Waals surface area contributed by atoms with Crippen LogP contribution in [-0.2, 0) is 24.3 Å². The monoisotopic (exact) mass is 245 g/mol. The summed E-state index contributed by atoms with van der Waals surface area (Å²) >= 11 is 0. The molecular formula is C2H4O2SbZn. The van der Waals surface area contributed by atoms with Crippen LogP contribution in [0.5, 0.6) is 0 Å². The summed E-state index contributed by atoms with van der Waals surface area (Å²) in [4.78, 5) is 9.00. The molecule has 0 aliphatic carbocycles. The van der Waals surface area contributed by atoms with Gasteiger partial charge in [-0.15, -0.1) is 0 Å². The molecule has 0 aromatic rings. The molecule has 0 aliphatic rings. The first-order chi connectivity index (χ1) is 1.73. The Morgan fingerprint density at radius 2 is 1.67 bits per heavy atom. The minimum atomic E-state index is -0.833. The van der Waals surface area contributed by atoms with Crippen molar-refractivity contribution in [1.29, 1.82) is 0 Å². The van der Waals surface area contributed by atoms with E-state index in [0.717, 1.165) is 6.92 Å². The van der Waals surface area contributed by atoms with Crippen molar-refractivity contribution in [3.05, 3.63) is 0 Å². The Morgan fingerprint density at radius 3 is 1.67 bits per heavy atom. The van der Waals surface area contributed by atoms with Crippen LogP contribution in [0.1, 0.15) is 6.92 Å². The summed E-state index contributed by atoms with van der Waals surface area (Å²) in [5, 5.41) is 7.42. The molecule has 0 saturated carbocycles. The molecule has 0 aromatic heterocycles. The van der Waals surface area contributed by atoms with Crippen molar-refractivity contribution in [2.45, 2.75) is 6.92 Å². The first-order valence-corrected chi connectivity index (χ1v) is 0.928. The Morgan fingerprint density at radius 1 is 1.67 bits per heavy atom. The van der Waals surface area contributed by atoms with Crippen molar-refractivity contribution in [1.82, 2.24) is 0 Å². The molecular weight excluding hydrogens is 243 g/mol. The van der Waals surface area contributed by atoms with Gasteiger partial charge in [0.1, 0.15) is 0 Å². The zero-order valence-corrected chi connectivity index (χ0v) is 9.03. The third kappa shape index (κ3) is 90.4. The fourth-order valence-corrected chi connectivity index (χ4v) is 0. The molecule has 0 amide bonds. The number of carboxylic acid groups (broad SMARTS) is 1. The molecule has 0 heterocycles. The van der Waals surface area contributed by atoms with E-state index < -0.39 is 5.97 Å². The van der Waals surface area contributed by atoms with Gasteiger partial charge in [-0.1, -0.05) is 0 Å². The SMILES string of the molecule is CC(=O)O.[Sb].[Zn]. The molecule has 3 radical (unpaired) electrons. The smallest absolute Gasteiger partial charge is 0.300 e. The van der Waals surface area contributed by atoms with Crippen LogP contribution in [0.25, 0.3) is 0 Å². The third-order valence-corrected chi connectivity index (χ3v) is 0. The third-order valence-electron chi connectivity index (χ3n) is 0. The second-order valence-corrected chi connectivity index (χ2v) is 0.519. The van der Waals surface area contributed by atoms with Gasteiger partial charge in [0.25, 0.3) is 5.97 Å². The molecule has 0 aliphatic heterocycles. The van der Waals surface area contributed by atoms with Gasteiger partial charge in [-0.25, -0.2) is 0 Å². The van der Waals surface area contributed by atoms with Gasteiger partial charge in [-0.2, -0.15) is 0 Å². The largest absolute Gasteiger partial charge is 0.481 e. The number of aliphatic carboxylic acids is 1. The maximum atomic E-state index is 9.00. The number of carboxylic acids is 1. The molecule has 0 fully saturated rings. The van der Waals surface area contributed by atoms with Crippen molar-refractivity contribution in [3.63, 3.8) is 0 Å². The topological polar surface area (TPSA) is 37.3 Å². The molecule has 0 rings (SSSR count). The van der Waals surface area contributed by atoms with Crippen molar-refractivity contribution >= 4 is 30.4 Å². The molecule has 0 unspecified atom stereocenters. The van der Waals surface area contributed by atoms with Gasteiger partial charge < -0.3 is 5.11 Å². The predicted octanol–water partition coefficient (Wildman–Crippen LogP) is -0.292. The van der Waals surface area contributed by atoms with Gasteiger partial charge in [0.05, 0.1) is 0 Å². The van der Waals surface area contributed by atoms with E-state index in [1.807, 2.05) is 0 Å². The minimum Gasteiger partial charge on any atom is -0.481 e. The van der Waals surface area contributed by atoms with E-state index in [2.05, 4.69) is 0 Å². The van der Waals surface area contributed by atoms with E-state index in [0.29, 0.717) is 0 Å². The van der Waals surface area contributed by atoms with Gasteiger partial charge >= 0.3 is 0 Å². The van der Waals surface area contributed by atoms with Crippen molar-refractivity contribution in [3.8, 4) is 0 Å². The van der Waals surface area contributed by atoms with Crippen LogP contribution in [0.3, 0.4) is 0 Å². The Hall–Kier alpha value is 0.912. The summed E-state index contributed by atoms with van der Waals surface area (Å²) in [6.45, 7) is 1.08. The van der Waals surface area contributed by atoms with Crippen LogP contribution >= 0.6 is 0 Å². The van der Waals surface area contributed by atoms with Crippen molar-refractivity contribution < 1.29 is 29.4 Å². The van der Waals surface area contributed by atoms with E-state index >= 15 is 0 Å². The molecule has 4 heteroatoms. The molecule has 0 atom stereocenters. The van der Waals surface area contributed by atoms with Crippen LogP contribution in [0.4, 0.5) is 0 Å². The van der Waals surface area contributed by atoms with E-state index in [1.165, 1.54) is 0 Å². The van der Waals surface area contributed by atoms with E-state index in [9.17, 15) is 0 Å².